The first kappa shape index (κ1) is 6.57. The largest absolute Gasteiger partial charge is 0.445 e. The fraction of sp³-hybridized carbons (Fsp3) is 1.00. The van der Waals surface area contributed by atoms with E-state index in [-0.39, 0.29) is 11.4 Å². The van der Waals surface area contributed by atoms with Gasteiger partial charge in [-0.05, 0) is 11.4 Å². The minimum atomic E-state index is -4.08. The van der Waals surface area contributed by atoms with Gasteiger partial charge in [0.15, 0.2) is 0 Å². The number of halogens is 3. The van der Waals surface area contributed by atoms with Crippen LogP contribution >= 0.6 is 19.8 Å². The highest BCUT2D eigenvalue weighted by atomic mass is 32.7. The van der Waals surface area contributed by atoms with Gasteiger partial charge >= 0.3 is 5.51 Å². The summed E-state index contributed by atoms with van der Waals surface area (Å²) in [5, 5.41) is 0. The van der Waals surface area contributed by atoms with E-state index < -0.39 is 5.51 Å². The van der Waals surface area contributed by atoms with Crippen molar-refractivity contribution in [3.63, 3.8) is 0 Å². The van der Waals surface area contributed by atoms with E-state index >= 15 is 0 Å². The molecule has 0 spiro atoms. The van der Waals surface area contributed by atoms with Crippen LogP contribution in [0, 0.1) is 0 Å². The summed E-state index contributed by atoms with van der Waals surface area (Å²) in [6.07, 6.45) is 0. The summed E-state index contributed by atoms with van der Waals surface area (Å²) >= 11 is -0.201. The quantitative estimate of drug-likeness (QED) is 0.457. The van der Waals surface area contributed by atoms with Crippen LogP contribution in [-0.2, 0) is 0 Å². The Morgan fingerprint density at radius 3 is 1.50 bits per heavy atom. The Hall–Kier alpha value is 0.570. The Morgan fingerprint density at radius 1 is 1.33 bits per heavy atom. The van der Waals surface area contributed by atoms with E-state index in [0.717, 1.165) is 0 Å². The molecule has 0 aliphatic rings. The van der Waals surface area contributed by atoms with E-state index in [0.29, 0.717) is 0 Å². The molecular formula is CH2F3PS. The molecule has 38 valence electrons. The average Bonchev–Trinajstić information content (AvgIpc) is 1.35. The first-order valence-electron chi connectivity index (χ1n) is 1.01. The van der Waals surface area contributed by atoms with Gasteiger partial charge in [0.05, 0.1) is 0 Å². The molecule has 5 heteroatoms. The summed E-state index contributed by atoms with van der Waals surface area (Å²) in [5.41, 5.74) is -4.08. The molecule has 0 aromatic carbocycles. The fourth-order valence-electron chi connectivity index (χ4n) is 0. The molecule has 0 aliphatic heterocycles. The normalized spacial score (nSPS) is 12.0. The highest BCUT2D eigenvalue weighted by Crippen LogP contribution is 2.34. The minimum Gasteiger partial charge on any atom is -0.160 e. The third-order valence-corrected chi connectivity index (χ3v) is 1.20. The topological polar surface area (TPSA) is 0 Å². The zero-order valence-corrected chi connectivity index (χ0v) is 4.59. The van der Waals surface area contributed by atoms with Crippen LogP contribution in [0.1, 0.15) is 0 Å². The van der Waals surface area contributed by atoms with Crippen LogP contribution in [0.25, 0.3) is 0 Å². The Kier molecular flexibility index (Phi) is 2.22. The van der Waals surface area contributed by atoms with Gasteiger partial charge in [0.1, 0.15) is 0 Å². The van der Waals surface area contributed by atoms with E-state index in [4.69, 9.17) is 0 Å². The van der Waals surface area contributed by atoms with Crippen molar-refractivity contribution in [2.24, 2.45) is 0 Å². The predicted octanol–water partition coefficient (Wildman–Crippen LogP) is 2.03. The Morgan fingerprint density at radius 2 is 1.50 bits per heavy atom. The molecule has 0 aromatic heterocycles. The molecule has 0 aliphatic carbocycles. The molecule has 0 amide bonds. The van der Waals surface area contributed by atoms with Gasteiger partial charge in [-0.15, -0.1) is 0 Å². The fourth-order valence-corrected chi connectivity index (χ4v) is 0. The van der Waals surface area contributed by atoms with Gasteiger partial charge in [-0.3, -0.25) is 0 Å². The number of hydrogen-bond acceptors (Lipinski definition) is 1. The molecule has 0 fully saturated rings. The van der Waals surface area contributed by atoms with Crippen LogP contribution in [0.3, 0.4) is 0 Å². The second kappa shape index (κ2) is 2.03. The van der Waals surface area contributed by atoms with Crippen LogP contribution in [-0.4, -0.2) is 5.51 Å². The summed E-state index contributed by atoms with van der Waals surface area (Å²) in [6, 6.07) is 0. The Labute approximate surface area is 39.4 Å². The zero-order chi connectivity index (χ0) is 5.21. The van der Waals surface area contributed by atoms with Crippen molar-refractivity contribution in [2.75, 3.05) is 0 Å². The van der Waals surface area contributed by atoms with Gasteiger partial charge in [0, 0.05) is 0 Å². The molecule has 0 N–H and O–H groups in total. The van der Waals surface area contributed by atoms with Crippen LogP contribution < -0.4 is 0 Å². The van der Waals surface area contributed by atoms with Crippen LogP contribution in [0.4, 0.5) is 13.2 Å². The molecule has 0 heterocycles. The van der Waals surface area contributed by atoms with Crippen LogP contribution in [0.5, 0.6) is 0 Å². The summed E-state index contributed by atoms with van der Waals surface area (Å²) in [7, 11) is 1.52. The maximum Gasteiger partial charge on any atom is 0.445 e. The van der Waals surface area contributed by atoms with Gasteiger partial charge < -0.3 is 0 Å². The van der Waals surface area contributed by atoms with Gasteiger partial charge in [-0.2, -0.15) is 13.2 Å². The van der Waals surface area contributed by atoms with Crippen molar-refractivity contribution < 1.29 is 13.2 Å². The third kappa shape index (κ3) is 4.57. The smallest absolute Gasteiger partial charge is 0.160 e. The minimum absolute atomic E-state index is 0.201. The van der Waals surface area contributed by atoms with Crippen molar-refractivity contribution in [1.82, 2.24) is 0 Å². The van der Waals surface area contributed by atoms with Crippen molar-refractivity contribution in [2.45, 2.75) is 5.51 Å². The first-order valence-corrected chi connectivity index (χ1v) is 3.30. The molecular weight excluding hydrogens is 132 g/mol. The van der Waals surface area contributed by atoms with Gasteiger partial charge in [0.2, 0.25) is 0 Å². The van der Waals surface area contributed by atoms with Crippen LogP contribution in [0.15, 0.2) is 0 Å². The highest BCUT2D eigenvalue weighted by Gasteiger charge is 2.24. The summed E-state index contributed by atoms with van der Waals surface area (Å²) in [5.74, 6) is 0. The number of hydrogen-bond donors (Lipinski definition) is 0. The lowest BCUT2D eigenvalue weighted by Gasteiger charge is -1.95. The van der Waals surface area contributed by atoms with E-state index in [1.807, 2.05) is 0 Å². The monoisotopic (exact) mass is 134 g/mol. The van der Waals surface area contributed by atoms with Gasteiger partial charge in [0.25, 0.3) is 0 Å². The molecule has 0 radical (unpaired) electrons. The molecule has 1 unspecified atom stereocenters. The molecule has 1 atom stereocenters. The van der Waals surface area contributed by atoms with E-state index in [2.05, 4.69) is 0 Å². The molecule has 0 bridgehead atoms. The second-order valence-corrected chi connectivity index (χ2v) is 1.97. The van der Waals surface area contributed by atoms with Gasteiger partial charge in [-0.1, -0.05) is 8.44 Å². The van der Waals surface area contributed by atoms with E-state index in [9.17, 15) is 13.2 Å². The van der Waals surface area contributed by atoms with Crippen molar-refractivity contribution in [1.29, 1.82) is 0 Å². The standard InChI is InChI=1S/CH2F3PS/c2-1(3,4)6-5/h5H2. The van der Waals surface area contributed by atoms with Crippen LogP contribution in [0.2, 0.25) is 0 Å². The molecule has 0 saturated carbocycles. The lowest BCUT2D eigenvalue weighted by Crippen LogP contribution is -1.93. The SMILES string of the molecule is FC(F)(F)SP. The lowest BCUT2D eigenvalue weighted by atomic mass is 11.6. The number of rotatable bonds is 0. The maximum atomic E-state index is 10.7. The summed E-state index contributed by atoms with van der Waals surface area (Å²) < 4.78 is 32.2. The van der Waals surface area contributed by atoms with E-state index in [1.54, 1.807) is 0 Å². The first-order chi connectivity index (χ1) is 2.56. The Balaban J connectivity index is 3.17. The molecule has 6 heavy (non-hydrogen) atoms. The molecule has 0 aromatic rings. The zero-order valence-electron chi connectivity index (χ0n) is 2.62. The summed E-state index contributed by atoms with van der Waals surface area (Å²) in [6.45, 7) is 0. The van der Waals surface area contributed by atoms with Crippen molar-refractivity contribution in [3.05, 3.63) is 0 Å². The second-order valence-electron chi connectivity index (χ2n) is 0.564. The lowest BCUT2D eigenvalue weighted by molar-refractivity contribution is -0.0311. The van der Waals surface area contributed by atoms with Gasteiger partial charge in [-0.25, -0.2) is 0 Å². The average molecular weight is 134 g/mol. The molecule has 0 saturated heterocycles. The predicted molar refractivity (Wildman–Crippen MR) is 23.4 cm³/mol. The van der Waals surface area contributed by atoms with Crippen molar-refractivity contribution >= 4 is 19.8 Å². The Bertz CT molecular complexity index is 40.5. The van der Waals surface area contributed by atoms with E-state index in [1.165, 1.54) is 8.44 Å². The highest BCUT2D eigenvalue weighted by molar-refractivity contribution is 8.44. The summed E-state index contributed by atoms with van der Waals surface area (Å²) in [4.78, 5) is 0. The number of alkyl halides is 3. The van der Waals surface area contributed by atoms with Crippen molar-refractivity contribution in [3.8, 4) is 0 Å². The third-order valence-electron chi connectivity index (χ3n) is 0.134. The molecule has 0 rings (SSSR count). The molecule has 0 nitrogen and oxygen atoms in total. The maximum absolute atomic E-state index is 10.7.